The molecule has 0 fully saturated rings. The van der Waals surface area contributed by atoms with E-state index < -0.39 is 0 Å². The number of allylic oxidation sites excluding steroid dienone is 6. The van der Waals surface area contributed by atoms with E-state index in [1.165, 1.54) is 0 Å². The number of rotatable bonds is 2. The maximum Gasteiger partial charge on any atom is 0.146 e. The maximum atomic E-state index is 11.1. The van der Waals surface area contributed by atoms with Gasteiger partial charge in [-0.1, -0.05) is 48.6 Å². The number of fused-ring (bicyclic) bond motifs is 3. The average molecular weight is 262 g/mol. The number of aldehydes is 2. The predicted molar refractivity (Wildman–Crippen MR) is 79.9 cm³/mol. The van der Waals surface area contributed by atoms with Crippen molar-refractivity contribution in [2.45, 2.75) is 12.8 Å². The molecule has 1 aromatic carbocycles. The zero-order valence-corrected chi connectivity index (χ0v) is 11.0. The summed E-state index contributed by atoms with van der Waals surface area (Å²) in [6, 6.07) is 8.13. The molecule has 2 bridgehead atoms. The first kappa shape index (κ1) is 12.5. The van der Waals surface area contributed by atoms with Crippen LogP contribution >= 0.6 is 0 Å². The molecule has 0 saturated carbocycles. The fourth-order valence-corrected chi connectivity index (χ4v) is 2.66. The first-order chi connectivity index (χ1) is 9.78. The lowest BCUT2D eigenvalue weighted by molar-refractivity contribution is -0.105. The monoisotopic (exact) mass is 262 g/mol. The zero-order chi connectivity index (χ0) is 13.9. The van der Waals surface area contributed by atoms with Gasteiger partial charge in [0.05, 0.1) is 0 Å². The van der Waals surface area contributed by atoms with Gasteiger partial charge in [0.15, 0.2) is 0 Å². The molecule has 0 atom stereocenters. The van der Waals surface area contributed by atoms with E-state index in [1.807, 2.05) is 24.3 Å². The van der Waals surface area contributed by atoms with E-state index in [4.69, 9.17) is 0 Å². The Hall–Kier alpha value is -2.48. The molecule has 0 unspecified atom stereocenters. The third-order valence-corrected chi connectivity index (χ3v) is 3.54. The summed E-state index contributed by atoms with van der Waals surface area (Å²) in [5.41, 5.74) is 5.78. The van der Waals surface area contributed by atoms with Crippen molar-refractivity contribution in [1.82, 2.24) is 0 Å². The molecule has 1 aromatic rings. The Morgan fingerprint density at radius 1 is 0.700 bits per heavy atom. The SMILES string of the molecule is O=C/C1=C/C2=Cc3ccccc3C=C(/C=C(/C=O)C1)C2. The topological polar surface area (TPSA) is 34.1 Å². The Morgan fingerprint density at radius 3 is 1.65 bits per heavy atom. The van der Waals surface area contributed by atoms with Crippen molar-refractivity contribution >= 4 is 24.7 Å². The summed E-state index contributed by atoms with van der Waals surface area (Å²) in [6.45, 7) is 0. The zero-order valence-electron chi connectivity index (χ0n) is 11.0. The molecule has 0 aromatic heterocycles. The van der Waals surface area contributed by atoms with Gasteiger partial charge in [-0.05, 0) is 39.8 Å². The molecular weight excluding hydrogens is 248 g/mol. The van der Waals surface area contributed by atoms with Gasteiger partial charge in [0, 0.05) is 6.42 Å². The highest BCUT2D eigenvalue weighted by molar-refractivity contribution is 5.85. The quantitative estimate of drug-likeness (QED) is 0.764. The Morgan fingerprint density at radius 2 is 1.20 bits per heavy atom. The number of hydrogen-bond donors (Lipinski definition) is 0. The molecule has 0 aliphatic heterocycles. The molecule has 2 heteroatoms. The molecule has 98 valence electrons. The number of hydrogen-bond acceptors (Lipinski definition) is 2. The van der Waals surface area contributed by atoms with Crippen LogP contribution in [0.4, 0.5) is 0 Å². The highest BCUT2D eigenvalue weighted by Crippen LogP contribution is 2.30. The van der Waals surface area contributed by atoms with E-state index in [0.717, 1.165) is 41.3 Å². The smallest absolute Gasteiger partial charge is 0.146 e. The summed E-state index contributed by atoms with van der Waals surface area (Å²) in [7, 11) is 0. The summed E-state index contributed by atoms with van der Waals surface area (Å²) in [5.74, 6) is 0. The molecular formula is C18H14O2. The molecule has 2 nitrogen and oxygen atoms in total. The van der Waals surface area contributed by atoms with Crippen LogP contribution in [0.2, 0.25) is 0 Å². The molecule has 0 saturated heterocycles. The minimum Gasteiger partial charge on any atom is -0.298 e. The van der Waals surface area contributed by atoms with Crippen molar-refractivity contribution in [1.29, 1.82) is 0 Å². The fraction of sp³-hybridized carbons (Fsp3) is 0.111. The minimum absolute atomic E-state index is 0.401. The summed E-state index contributed by atoms with van der Waals surface area (Å²) in [6.07, 6.45) is 10.8. The summed E-state index contributed by atoms with van der Waals surface area (Å²) < 4.78 is 0. The predicted octanol–water partition coefficient (Wildman–Crippen LogP) is 3.51. The van der Waals surface area contributed by atoms with Crippen LogP contribution in [0.3, 0.4) is 0 Å². The van der Waals surface area contributed by atoms with Gasteiger partial charge in [0.25, 0.3) is 0 Å². The highest BCUT2D eigenvalue weighted by atomic mass is 16.1. The van der Waals surface area contributed by atoms with Crippen LogP contribution in [0, 0.1) is 0 Å². The van der Waals surface area contributed by atoms with E-state index in [1.54, 1.807) is 0 Å². The van der Waals surface area contributed by atoms with Crippen LogP contribution in [-0.2, 0) is 9.59 Å². The van der Waals surface area contributed by atoms with Gasteiger partial charge in [0.2, 0.25) is 0 Å². The van der Waals surface area contributed by atoms with Gasteiger partial charge < -0.3 is 0 Å². The van der Waals surface area contributed by atoms with Crippen molar-refractivity contribution in [2.75, 3.05) is 0 Å². The van der Waals surface area contributed by atoms with Crippen LogP contribution in [0.25, 0.3) is 12.2 Å². The lowest BCUT2D eigenvalue weighted by atomic mass is 9.94. The summed E-state index contributed by atoms with van der Waals surface area (Å²) in [5, 5.41) is 0. The first-order valence-corrected chi connectivity index (χ1v) is 6.60. The average Bonchev–Trinajstić information content (AvgIpc) is 2.62. The van der Waals surface area contributed by atoms with Crippen molar-refractivity contribution in [2.24, 2.45) is 0 Å². The number of benzene rings is 1. The molecule has 0 radical (unpaired) electrons. The normalized spacial score (nSPS) is 22.4. The second-order valence-electron chi connectivity index (χ2n) is 5.10. The molecule has 0 spiro atoms. The molecule has 2 aliphatic carbocycles. The van der Waals surface area contributed by atoms with Gasteiger partial charge in [-0.25, -0.2) is 0 Å². The lowest BCUT2D eigenvalue weighted by Crippen LogP contribution is -1.97. The largest absolute Gasteiger partial charge is 0.298 e. The second kappa shape index (κ2) is 5.25. The third-order valence-electron chi connectivity index (χ3n) is 3.54. The van der Waals surface area contributed by atoms with E-state index in [9.17, 15) is 9.59 Å². The summed E-state index contributed by atoms with van der Waals surface area (Å²) in [4.78, 5) is 22.3. The van der Waals surface area contributed by atoms with Crippen LogP contribution in [-0.4, -0.2) is 12.6 Å². The summed E-state index contributed by atoms with van der Waals surface area (Å²) >= 11 is 0. The maximum absolute atomic E-state index is 11.1. The standard InChI is InChI=1S/C18H14O2/c19-11-15-6-13-5-14(7-16(8-15)12-20)10-18-4-2-1-3-17(18)9-13/h1-4,6-7,9-12H,5,8H2/b15-6+,16-7+. The Balaban J connectivity index is 2.21. The second-order valence-corrected chi connectivity index (χ2v) is 5.10. The highest BCUT2D eigenvalue weighted by Gasteiger charge is 2.13. The Kier molecular flexibility index (Phi) is 3.30. The molecule has 0 N–H and O–H groups in total. The van der Waals surface area contributed by atoms with E-state index in [-0.39, 0.29) is 0 Å². The van der Waals surface area contributed by atoms with Crippen molar-refractivity contribution in [3.05, 3.63) is 69.8 Å². The molecule has 2 aliphatic rings. The van der Waals surface area contributed by atoms with Gasteiger partial charge in [-0.2, -0.15) is 0 Å². The van der Waals surface area contributed by atoms with Crippen LogP contribution in [0.15, 0.2) is 58.7 Å². The van der Waals surface area contributed by atoms with E-state index >= 15 is 0 Å². The van der Waals surface area contributed by atoms with Crippen molar-refractivity contribution < 1.29 is 9.59 Å². The van der Waals surface area contributed by atoms with Crippen molar-refractivity contribution in [3.8, 4) is 0 Å². The van der Waals surface area contributed by atoms with Crippen LogP contribution < -0.4 is 0 Å². The van der Waals surface area contributed by atoms with Gasteiger partial charge in [0.1, 0.15) is 12.6 Å². The molecule has 0 amide bonds. The first-order valence-electron chi connectivity index (χ1n) is 6.60. The Bertz CT molecular complexity index is 641. The molecule has 20 heavy (non-hydrogen) atoms. The molecule has 0 heterocycles. The number of carbonyl (C=O) groups is 2. The van der Waals surface area contributed by atoms with Crippen molar-refractivity contribution in [3.63, 3.8) is 0 Å². The van der Waals surface area contributed by atoms with Crippen LogP contribution in [0.5, 0.6) is 0 Å². The number of carbonyl (C=O) groups excluding carboxylic acids is 2. The lowest BCUT2D eigenvalue weighted by Gasteiger charge is -2.10. The van der Waals surface area contributed by atoms with E-state index in [0.29, 0.717) is 17.6 Å². The third kappa shape index (κ3) is 2.45. The van der Waals surface area contributed by atoms with E-state index in [2.05, 4.69) is 24.3 Å². The molecule has 3 rings (SSSR count). The van der Waals surface area contributed by atoms with Crippen LogP contribution in [0.1, 0.15) is 24.0 Å². The van der Waals surface area contributed by atoms with Gasteiger partial charge in [-0.3, -0.25) is 9.59 Å². The fourth-order valence-electron chi connectivity index (χ4n) is 2.66. The van der Waals surface area contributed by atoms with Gasteiger partial charge >= 0.3 is 0 Å². The Labute approximate surface area is 117 Å². The van der Waals surface area contributed by atoms with Gasteiger partial charge in [-0.15, -0.1) is 0 Å². The minimum atomic E-state index is 0.401.